The van der Waals surface area contributed by atoms with E-state index in [0.717, 1.165) is 26.1 Å². The van der Waals surface area contributed by atoms with E-state index in [1.54, 1.807) is 0 Å². The van der Waals surface area contributed by atoms with Crippen molar-refractivity contribution in [3.63, 3.8) is 0 Å². The van der Waals surface area contributed by atoms with E-state index >= 15 is 0 Å². The number of likely N-dealkylation sites (N-methyl/N-ethyl adjacent to an activating group) is 1. The molecule has 2 aliphatic heterocycles. The molecule has 126 valence electrons. The standard InChI is InChI=1S/C17H19N3.3H2O/c1-19-9-10-20-16(12-19)15-7-3-2-5-13(15)11-14-6-4-8-18-17(14)20;;;/h2-8,16H,9-12H2,1H3;3*1H2. The number of hydrogen-bond acceptors (Lipinski definition) is 3. The summed E-state index contributed by atoms with van der Waals surface area (Å²) >= 11 is 0. The fourth-order valence-corrected chi connectivity index (χ4v) is 3.49. The summed E-state index contributed by atoms with van der Waals surface area (Å²) in [6.07, 6.45) is 2.92. The first kappa shape index (κ1) is 19.1. The zero-order valence-corrected chi connectivity index (χ0v) is 13.3. The van der Waals surface area contributed by atoms with Crippen LogP contribution in [-0.4, -0.2) is 53.0 Å². The van der Waals surface area contributed by atoms with Gasteiger partial charge >= 0.3 is 0 Å². The lowest BCUT2D eigenvalue weighted by atomic mass is 9.96. The Balaban J connectivity index is 0.000000882. The molecule has 0 spiro atoms. The molecule has 6 N–H and O–H groups in total. The third-order valence-electron chi connectivity index (χ3n) is 4.52. The predicted octanol–water partition coefficient (Wildman–Crippen LogP) is 0.00480. The van der Waals surface area contributed by atoms with Crippen LogP contribution < -0.4 is 4.90 Å². The Hall–Kier alpha value is -1.99. The van der Waals surface area contributed by atoms with Gasteiger partial charge in [0.25, 0.3) is 0 Å². The van der Waals surface area contributed by atoms with Gasteiger partial charge in [0.05, 0.1) is 6.04 Å². The Morgan fingerprint density at radius 3 is 2.52 bits per heavy atom. The molecule has 0 aliphatic carbocycles. The average Bonchev–Trinajstić information content (AvgIpc) is 2.61. The van der Waals surface area contributed by atoms with Crippen LogP contribution in [0.2, 0.25) is 0 Å². The Labute approximate surface area is 136 Å². The zero-order chi connectivity index (χ0) is 13.5. The maximum absolute atomic E-state index is 4.68. The molecular weight excluding hydrogens is 294 g/mol. The normalized spacial score (nSPS) is 18.8. The Morgan fingerprint density at radius 2 is 1.70 bits per heavy atom. The van der Waals surface area contributed by atoms with Crippen LogP contribution in [0.15, 0.2) is 42.6 Å². The third kappa shape index (κ3) is 3.20. The molecule has 1 unspecified atom stereocenters. The first-order valence-electron chi connectivity index (χ1n) is 7.30. The fraction of sp³-hybridized carbons (Fsp3) is 0.353. The third-order valence-corrected chi connectivity index (χ3v) is 4.52. The van der Waals surface area contributed by atoms with E-state index in [4.69, 9.17) is 0 Å². The van der Waals surface area contributed by atoms with Gasteiger partial charge in [-0.25, -0.2) is 4.98 Å². The van der Waals surface area contributed by atoms with Crippen LogP contribution in [-0.2, 0) is 6.42 Å². The molecule has 2 aromatic rings. The number of rotatable bonds is 0. The van der Waals surface area contributed by atoms with E-state index in [2.05, 4.69) is 58.2 Å². The second-order valence-electron chi connectivity index (χ2n) is 5.83. The van der Waals surface area contributed by atoms with Crippen LogP contribution in [0.4, 0.5) is 5.82 Å². The molecule has 3 heterocycles. The molecule has 4 rings (SSSR count). The van der Waals surface area contributed by atoms with Crippen LogP contribution in [0, 0.1) is 0 Å². The van der Waals surface area contributed by atoms with Crippen molar-refractivity contribution >= 4 is 5.82 Å². The van der Waals surface area contributed by atoms with Gasteiger partial charge in [-0.1, -0.05) is 30.3 Å². The van der Waals surface area contributed by atoms with Crippen LogP contribution >= 0.6 is 0 Å². The predicted molar refractivity (Wildman–Crippen MR) is 91.9 cm³/mol. The molecule has 6 heteroatoms. The highest BCUT2D eigenvalue weighted by atomic mass is 16.0. The van der Waals surface area contributed by atoms with Crippen molar-refractivity contribution < 1.29 is 16.4 Å². The number of piperazine rings is 1. The van der Waals surface area contributed by atoms with Crippen molar-refractivity contribution in [2.45, 2.75) is 12.5 Å². The summed E-state index contributed by atoms with van der Waals surface area (Å²) < 4.78 is 0. The van der Waals surface area contributed by atoms with Crippen molar-refractivity contribution in [3.05, 3.63) is 59.3 Å². The van der Waals surface area contributed by atoms with Crippen molar-refractivity contribution in [2.24, 2.45) is 0 Å². The number of pyridine rings is 1. The monoisotopic (exact) mass is 319 g/mol. The number of nitrogens with zero attached hydrogens (tertiary/aromatic N) is 3. The molecule has 1 aromatic heterocycles. The summed E-state index contributed by atoms with van der Waals surface area (Å²) in [5.74, 6) is 1.18. The molecule has 1 aromatic carbocycles. The molecule has 6 nitrogen and oxygen atoms in total. The van der Waals surface area contributed by atoms with Crippen molar-refractivity contribution in [1.82, 2.24) is 9.88 Å². The highest BCUT2D eigenvalue weighted by Crippen LogP contribution is 2.37. The molecule has 1 saturated heterocycles. The van der Waals surface area contributed by atoms with E-state index in [-0.39, 0.29) is 16.4 Å². The van der Waals surface area contributed by atoms with Crippen molar-refractivity contribution in [2.75, 3.05) is 31.6 Å². The lowest BCUT2D eigenvalue weighted by Gasteiger charge is -2.41. The summed E-state index contributed by atoms with van der Waals surface area (Å²) in [5.41, 5.74) is 4.27. The number of hydrogen-bond donors (Lipinski definition) is 0. The highest BCUT2D eigenvalue weighted by Gasteiger charge is 2.32. The summed E-state index contributed by atoms with van der Waals surface area (Å²) in [4.78, 5) is 9.60. The van der Waals surface area contributed by atoms with E-state index in [1.165, 1.54) is 22.5 Å². The van der Waals surface area contributed by atoms with Gasteiger partial charge in [-0.2, -0.15) is 0 Å². The van der Waals surface area contributed by atoms with Crippen LogP contribution in [0.5, 0.6) is 0 Å². The maximum atomic E-state index is 4.68. The lowest BCUT2D eigenvalue weighted by molar-refractivity contribution is 0.268. The molecular formula is C17H25N3O3. The molecule has 1 atom stereocenters. The van der Waals surface area contributed by atoms with Gasteiger partial charge in [0.15, 0.2) is 0 Å². The summed E-state index contributed by atoms with van der Waals surface area (Å²) in [7, 11) is 2.21. The first-order chi connectivity index (χ1) is 9.83. The van der Waals surface area contributed by atoms with Crippen LogP contribution in [0.25, 0.3) is 0 Å². The number of anilines is 1. The molecule has 0 saturated carbocycles. The van der Waals surface area contributed by atoms with Gasteiger partial charge in [0.2, 0.25) is 0 Å². The topological polar surface area (TPSA) is 114 Å². The van der Waals surface area contributed by atoms with Gasteiger partial charge < -0.3 is 26.2 Å². The molecule has 0 amide bonds. The summed E-state index contributed by atoms with van der Waals surface area (Å²) in [6.45, 7) is 3.24. The van der Waals surface area contributed by atoms with Gasteiger partial charge in [0.1, 0.15) is 5.82 Å². The van der Waals surface area contributed by atoms with Gasteiger partial charge in [-0.05, 0) is 29.8 Å². The zero-order valence-electron chi connectivity index (χ0n) is 13.3. The number of fused-ring (bicyclic) bond motifs is 5. The molecule has 1 fully saturated rings. The highest BCUT2D eigenvalue weighted by molar-refractivity contribution is 5.56. The van der Waals surface area contributed by atoms with E-state index in [1.807, 2.05) is 6.20 Å². The second kappa shape index (κ2) is 7.52. The van der Waals surface area contributed by atoms with Crippen LogP contribution in [0.1, 0.15) is 22.7 Å². The maximum Gasteiger partial charge on any atom is 0.132 e. The fourth-order valence-electron chi connectivity index (χ4n) is 3.49. The average molecular weight is 319 g/mol. The quantitative estimate of drug-likeness (QED) is 0.681. The Kier molecular flexibility index (Phi) is 6.23. The van der Waals surface area contributed by atoms with Gasteiger partial charge in [-0.3, -0.25) is 0 Å². The first-order valence-corrected chi connectivity index (χ1v) is 7.30. The smallest absolute Gasteiger partial charge is 0.132 e. The molecule has 0 radical (unpaired) electrons. The van der Waals surface area contributed by atoms with Crippen molar-refractivity contribution in [3.8, 4) is 0 Å². The van der Waals surface area contributed by atoms with Gasteiger partial charge in [0, 0.05) is 32.3 Å². The minimum Gasteiger partial charge on any atom is -0.412 e. The SMILES string of the molecule is CN1CCN2c3ncccc3Cc3ccccc3C2C1.O.O.O. The summed E-state index contributed by atoms with van der Waals surface area (Å²) in [5, 5.41) is 0. The van der Waals surface area contributed by atoms with Crippen LogP contribution in [0.3, 0.4) is 0 Å². The molecule has 0 bridgehead atoms. The Bertz CT molecular complexity index is 650. The number of aromatic nitrogens is 1. The molecule has 2 aliphatic rings. The Morgan fingerprint density at radius 1 is 0.957 bits per heavy atom. The van der Waals surface area contributed by atoms with E-state index < -0.39 is 0 Å². The van der Waals surface area contributed by atoms with E-state index in [9.17, 15) is 0 Å². The van der Waals surface area contributed by atoms with Gasteiger partial charge in [-0.15, -0.1) is 0 Å². The minimum absolute atomic E-state index is 0. The summed E-state index contributed by atoms with van der Waals surface area (Å²) in [6, 6.07) is 13.6. The van der Waals surface area contributed by atoms with E-state index in [0.29, 0.717) is 6.04 Å². The largest absolute Gasteiger partial charge is 0.412 e. The lowest BCUT2D eigenvalue weighted by Crippen LogP contribution is -2.47. The van der Waals surface area contributed by atoms with Crippen molar-refractivity contribution in [1.29, 1.82) is 0 Å². The second-order valence-corrected chi connectivity index (χ2v) is 5.83. The molecule has 23 heavy (non-hydrogen) atoms. The minimum atomic E-state index is 0. The number of benzene rings is 1.